The summed E-state index contributed by atoms with van der Waals surface area (Å²) in [7, 11) is -0.467. The Hall–Kier alpha value is -0.630. The molecule has 1 aromatic rings. The third-order valence-electron chi connectivity index (χ3n) is 2.82. The van der Waals surface area contributed by atoms with Gasteiger partial charge in [0.2, 0.25) is 10.0 Å². The Kier molecular flexibility index (Phi) is 6.44. The Bertz CT molecular complexity index is 545. The second kappa shape index (κ2) is 7.40. The maximum absolute atomic E-state index is 12.6. The van der Waals surface area contributed by atoms with Crippen molar-refractivity contribution in [1.29, 1.82) is 0 Å². The highest BCUT2D eigenvalue weighted by molar-refractivity contribution is 9.10. The van der Waals surface area contributed by atoms with Gasteiger partial charge in [-0.15, -0.1) is 0 Å². The van der Waals surface area contributed by atoms with E-state index in [-0.39, 0.29) is 10.9 Å². The number of nitrogens with zero attached hydrogens (tertiary/aromatic N) is 1. The molecule has 0 fully saturated rings. The van der Waals surface area contributed by atoms with E-state index in [1.807, 2.05) is 13.8 Å². The lowest BCUT2D eigenvalue weighted by Gasteiger charge is -2.25. The van der Waals surface area contributed by atoms with E-state index in [0.29, 0.717) is 23.4 Å². The number of methoxy groups -OCH3 is 2. The van der Waals surface area contributed by atoms with Gasteiger partial charge in [0.15, 0.2) is 0 Å². The topological polar surface area (TPSA) is 55.8 Å². The zero-order valence-corrected chi connectivity index (χ0v) is 14.5. The largest absolute Gasteiger partial charge is 0.496 e. The first-order chi connectivity index (χ1) is 9.34. The highest BCUT2D eigenvalue weighted by atomic mass is 79.9. The third kappa shape index (κ3) is 3.94. The molecule has 0 saturated carbocycles. The summed E-state index contributed by atoms with van der Waals surface area (Å²) in [5.41, 5.74) is 0. The molecular weight excluding hydrogens is 346 g/mol. The lowest BCUT2D eigenvalue weighted by Crippen LogP contribution is -2.39. The first-order valence-electron chi connectivity index (χ1n) is 6.19. The summed E-state index contributed by atoms with van der Waals surface area (Å²) in [5, 5.41) is 0. The molecule has 0 radical (unpaired) electrons. The van der Waals surface area contributed by atoms with Crippen LogP contribution in [0.4, 0.5) is 0 Å². The van der Waals surface area contributed by atoms with Gasteiger partial charge in [0.25, 0.3) is 0 Å². The normalized spacial score (nSPS) is 12.2. The van der Waals surface area contributed by atoms with E-state index in [4.69, 9.17) is 9.47 Å². The number of hydrogen-bond acceptors (Lipinski definition) is 4. The van der Waals surface area contributed by atoms with Crippen LogP contribution in [0, 0.1) is 0 Å². The van der Waals surface area contributed by atoms with Gasteiger partial charge in [0.1, 0.15) is 5.75 Å². The fourth-order valence-electron chi connectivity index (χ4n) is 1.78. The van der Waals surface area contributed by atoms with E-state index in [0.717, 1.165) is 0 Å². The maximum atomic E-state index is 12.6. The predicted octanol–water partition coefficient (Wildman–Crippen LogP) is 2.50. The zero-order valence-electron chi connectivity index (χ0n) is 12.1. The summed E-state index contributed by atoms with van der Waals surface area (Å²) >= 11 is 3.31. The fraction of sp³-hybridized carbons (Fsp3) is 0.538. The number of benzene rings is 1. The number of rotatable bonds is 7. The molecule has 0 amide bonds. The van der Waals surface area contributed by atoms with E-state index in [2.05, 4.69) is 15.9 Å². The van der Waals surface area contributed by atoms with Gasteiger partial charge in [-0.25, -0.2) is 8.42 Å². The molecule has 1 aromatic carbocycles. The van der Waals surface area contributed by atoms with Crippen LogP contribution in [-0.4, -0.2) is 46.1 Å². The second-order valence-electron chi connectivity index (χ2n) is 4.50. The molecule has 0 aliphatic rings. The van der Waals surface area contributed by atoms with Crippen molar-refractivity contribution >= 4 is 26.0 Å². The minimum absolute atomic E-state index is 0.143. The first kappa shape index (κ1) is 17.4. The van der Waals surface area contributed by atoms with Crippen molar-refractivity contribution in [3.63, 3.8) is 0 Å². The van der Waals surface area contributed by atoms with Crippen molar-refractivity contribution in [2.24, 2.45) is 0 Å². The van der Waals surface area contributed by atoms with Crippen molar-refractivity contribution < 1.29 is 17.9 Å². The molecule has 0 atom stereocenters. The highest BCUT2D eigenvalue weighted by Gasteiger charge is 2.27. The number of ether oxygens (including phenoxy) is 2. The van der Waals surface area contributed by atoms with Crippen LogP contribution in [0.25, 0.3) is 0 Å². The Morgan fingerprint density at radius 2 is 1.95 bits per heavy atom. The molecule has 0 aliphatic heterocycles. The smallest absolute Gasteiger partial charge is 0.243 e. The molecule has 5 nitrogen and oxygen atoms in total. The maximum Gasteiger partial charge on any atom is 0.243 e. The van der Waals surface area contributed by atoms with Gasteiger partial charge < -0.3 is 9.47 Å². The molecule has 1 rings (SSSR count). The van der Waals surface area contributed by atoms with E-state index < -0.39 is 10.0 Å². The van der Waals surface area contributed by atoms with Crippen LogP contribution in [0.15, 0.2) is 27.6 Å². The molecule has 0 unspecified atom stereocenters. The fourth-order valence-corrected chi connectivity index (χ4v) is 4.12. The van der Waals surface area contributed by atoms with Crippen molar-refractivity contribution in [1.82, 2.24) is 4.31 Å². The number of hydrogen-bond donors (Lipinski definition) is 0. The molecule has 7 heteroatoms. The van der Waals surface area contributed by atoms with Crippen LogP contribution < -0.4 is 4.74 Å². The van der Waals surface area contributed by atoms with E-state index in [9.17, 15) is 8.42 Å². The van der Waals surface area contributed by atoms with Crippen molar-refractivity contribution in [3.8, 4) is 5.75 Å². The summed E-state index contributed by atoms with van der Waals surface area (Å²) in [6.07, 6.45) is 0. The van der Waals surface area contributed by atoms with Crippen molar-refractivity contribution in [2.75, 3.05) is 27.4 Å². The lowest BCUT2D eigenvalue weighted by molar-refractivity contribution is 0.171. The van der Waals surface area contributed by atoms with Gasteiger partial charge in [0.05, 0.1) is 23.1 Å². The minimum Gasteiger partial charge on any atom is -0.496 e. The monoisotopic (exact) mass is 365 g/mol. The number of sulfonamides is 1. The van der Waals surface area contributed by atoms with Crippen molar-refractivity contribution in [2.45, 2.75) is 24.8 Å². The Morgan fingerprint density at radius 1 is 1.30 bits per heavy atom. The Labute approximate surface area is 129 Å². The summed E-state index contributed by atoms with van der Waals surface area (Å²) in [4.78, 5) is 0.231. The summed E-state index contributed by atoms with van der Waals surface area (Å²) < 4.78 is 37.4. The first-order valence-corrected chi connectivity index (χ1v) is 8.42. The summed E-state index contributed by atoms with van der Waals surface area (Å²) in [5.74, 6) is 0.594. The van der Waals surface area contributed by atoms with Crippen LogP contribution in [0.2, 0.25) is 0 Å². The van der Waals surface area contributed by atoms with Gasteiger partial charge >= 0.3 is 0 Å². The Balaban J connectivity index is 3.16. The van der Waals surface area contributed by atoms with Crippen LogP contribution in [0.3, 0.4) is 0 Å². The molecule has 0 aliphatic carbocycles. The molecular formula is C13H20BrNO4S. The molecule has 114 valence electrons. The predicted molar refractivity (Wildman–Crippen MR) is 81.6 cm³/mol. The van der Waals surface area contributed by atoms with Crippen LogP contribution in [0.1, 0.15) is 13.8 Å². The number of halogens is 1. The van der Waals surface area contributed by atoms with Gasteiger partial charge in [-0.3, -0.25) is 0 Å². The minimum atomic E-state index is -3.55. The quantitative estimate of drug-likeness (QED) is 0.744. The van der Waals surface area contributed by atoms with Crippen LogP contribution in [0.5, 0.6) is 5.75 Å². The molecule has 0 heterocycles. The Morgan fingerprint density at radius 3 is 2.40 bits per heavy atom. The van der Waals surface area contributed by atoms with Crippen LogP contribution >= 0.6 is 15.9 Å². The van der Waals surface area contributed by atoms with Gasteiger partial charge in [-0.05, 0) is 48.0 Å². The van der Waals surface area contributed by atoms with Gasteiger partial charge in [-0.1, -0.05) is 0 Å². The average Bonchev–Trinajstić information content (AvgIpc) is 2.38. The van der Waals surface area contributed by atoms with E-state index in [1.165, 1.54) is 11.4 Å². The standard InChI is InChI=1S/C13H20BrNO4S/c1-10(2)15(7-8-18-3)20(16,17)11-5-6-13(19-4)12(14)9-11/h5-6,9-10H,7-8H2,1-4H3. The molecule has 0 N–H and O–H groups in total. The SMILES string of the molecule is COCCN(C(C)C)S(=O)(=O)c1ccc(OC)c(Br)c1. The molecule has 0 spiro atoms. The molecule has 0 bridgehead atoms. The van der Waals surface area contributed by atoms with Crippen LogP contribution in [-0.2, 0) is 14.8 Å². The highest BCUT2D eigenvalue weighted by Crippen LogP contribution is 2.29. The zero-order chi connectivity index (χ0) is 15.3. The molecule has 0 saturated heterocycles. The van der Waals surface area contributed by atoms with E-state index >= 15 is 0 Å². The van der Waals surface area contributed by atoms with Gasteiger partial charge in [-0.2, -0.15) is 4.31 Å². The lowest BCUT2D eigenvalue weighted by atomic mass is 10.3. The van der Waals surface area contributed by atoms with E-state index in [1.54, 1.807) is 25.3 Å². The molecule has 20 heavy (non-hydrogen) atoms. The third-order valence-corrected chi connectivity index (χ3v) is 5.51. The molecule has 0 aromatic heterocycles. The summed E-state index contributed by atoms with van der Waals surface area (Å²) in [6.45, 7) is 4.35. The second-order valence-corrected chi connectivity index (χ2v) is 7.24. The van der Waals surface area contributed by atoms with Gasteiger partial charge in [0, 0.05) is 19.7 Å². The summed E-state index contributed by atoms with van der Waals surface area (Å²) in [6, 6.07) is 4.58. The average molecular weight is 366 g/mol. The van der Waals surface area contributed by atoms with Crippen molar-refractivity contribution in [3.05, 3.63) is 22.7 Å².